The Bertz CT molecular complexity index is 614. The molecule has 1 amide bonds. The maximum atomic E-state index is 12.1. The van der Waals surface area contributed by atoms with Crippen molar-refractivity contribution in [1.82, 2.24) is 4.98 Å². The number of carbonyl (C=O) groups excluding carboxylic acids is 1. The standard InChI is InChI=1S/C14H14BrN3O2/c1-16-13-6-3-9(8-17-13)14(19)18-10-4-5-11(15)12(7-10)20-2/h3-8H,1-2H3,(H,16,17)(H,18,19). The van der Waals surface area contributed by atoms with Gasteiger partial charge in [-0.1, -0.05) is 0 Å². The molecule has 104 valence electrons. The molecule has 5 nitrogen and oxygen atoms in total. The molecule has 0 unspecified atom stereocenters. The van der Waals surface area contributed by atoms with Gasteiger partial charge in [0.15, 0.2) is 0 Å². The number of nitrogens with one attached hydrogen (secondary N) is 2. The summed E-state index contributed by atoms with van der Waals surface area (Å²) in [6, 6.07) is 8.81. The van der Waals surface area contributed by atoms with E-state index in [4.69, 9.17) is 4.74 Å². The Morgan fingerprint density at radius 1 is 1.30 bits per heavy atom. The van der Waals surface area contributed by atoms with Crippen molar-refractivity contribution in [2.75, 3.05) is 24.8 Å². The van der Waals surface area contributed by atoms with E-state index in [9.17, 15) is 4.79 Å². The van der Waals surface area contributed by atoms with Crippen LogP contribution in [-0.4, -0.2) is 25.0 Å². The predicted molar refractivity (Wildman–Crippen MR) is 82.4 cm³/mol. The molecule has 0 aliphatic heterocycles. The number of hydrogen-bond acceptors (Lipinski definition) is 4. The lowest BCUT2D eigenvalue weighted by atomic mass is 10.2. The molecule has 1 heterocycles. The molecule has 2 N–H and O–H groups in total. The summed E-state index contributed by atoms with van der Waals surface area (Å²) in [6.07, 6.45) is 1.53. The van der Waals surface area contributed by atoms with Gasteiger partial charge in [-0.15, -0.1) is 0 Å². The van der Waals surface area contributed by atoms with E-state index in [-0.39, 0.29) is 5.91 Å². The van der Waals surface area contributed by atoms with Gasteiger partial charge in [0, 0.05) is 25.0 Å². The van der Waals surface area contributed by atoms with Gasteiger partial charge in [0.1, 0.15) is 11.6 Å². The fourth-order valence-electron chi connectivity index (χ4n) is 1.62. The number of benzene rings is 1. The molecule has 0 radical (unpaired) electrons. The van der Waals surface area contributed by atoms with Gasteiger partial charge in [-0.2, -0.15) is 0 Å². The minimum atomic E-state index is -0.218. The van der Waals surface area contributed by atoms with E-state index in [1.54, 1.807) is 38.4 Å². The molecule has 0 saturated heterocycles. The van der Waals surface area contributed by atoms with E-state index < -0.39 is 0 Å². The summed E-state index contributed by atoms with van der Waals surface area (Å²) in [7, 11) is 3.35. The number of aromatic nitrogens is 1. The van der Waals surface area contributed by atoms with Gasteiger partial charge in [-0.05, 0) is 40.2 Å². The molecule has 2 aromatic rings. The molecule has 1 aromatic heterocycles. The lowest BCUT2D eigenvalue weighted by molar-refractivity contribution is 0.102. The molecule has 0 saturated carbocycles. The Balaban J connectivity index is 2.14. The highest BCUT2D eigenvalue weighted by molar-refractivity contribution is 9.10. The van der Waals surface area contributed by atoms with Crippen LogP contribution in [0.4, 0.5) is 11.5 Å². The fraction of sp³-hybridized carbons (Fsp3) is 0.143. The molecule has 0 fully saturated rings. The SMILES string of the molecule is CNc1ccc(C(=O)Nc2ccc(Br)c(OC)c2)cn1. The summed E-state index contributed by atoms with van der Waals surface area (Å²) in [5.74, 6) is 1.16. The molecule has 20 heavy (non-hydrogen) atoms. The molecule has 6 heteroatoms. The highest BCUT2D eigenvalue weighted by Gasteiger charge is 2.08. The summed E-state index contributed by atoms with van der Waals surface area (Å²) in [5.41, 5.74) is 1.15. The first-order chi connectivity index (χ1) is 9.63. The molecular weight excluding hydrogens is 322 g/mol. The number of pyridine rings is 1. The lowest BCUT2D eigenvalue weighted by Crippen LogP contribution is -2.12. The number of methoxy groups -OCH3 is 1. The first kappa shape index (κ1) is 14.3. The van der Waals surface area contributed by atoms with Crippen molar-refractivity contribution >= 4 is 33.3 Å². The number of carbonyl (C=O) groups is 1. The normalized spacial score (nSPS) is 9.95. The van der Waals surface area contributed by atoms with E-state index in [0.29, 0.717) is 22.8 Å². The van der Waals surface area contributed by atoms with Crippen molar-refractivity contribution in [2.24, 2.45) is 0 Å². The zero-order valence-corrected chi connectivity index (χ0v) is 12.7. The van der Waals surface area contributed by atoms with Gasteiger partial charge >= 0.3 is 0 Å². The Kier molecular flexibility index (Phi) is 4.57. The number of halogens is 1. The molecule has 0 bridgehead atoms. The quantitative estimate of drug-likeness (QED) is 0.900. The van der Waals surface area contributed by atoms with E-state index >= 15 is 0 Å². The van der Waals surface area contributed by atoms with Crippen LogP contribution in [0.25, 0.3) is 0 Å². The fourth-order valence-corrected chi connectivity index (χ4v) is 2.03. The number of rotatable bonds is 4. The third-order valence-corrected chi connectivity index (χ3v) is 3.35. The van der Waals surface area contributed by atoms with Crippen LogP contribution in [0.2, 0.25) is 0 Å². The van der Waals surface area contributed by atoms with Crippen LogP contribution in [0, 0.1) is 0 Å². The van der Waals surface area contributed by atoms with Crippen LogP contribution >= 0.6 is 15.9 Å². The van der Waals surface area contributed by atoms with Crippen LogP contribution in [0.5, 0.6) is 5.75 Å². The second-order valence-corrected chi connectivity index (χ2v) is 4.84. The third kappa shape index (κ3) is 3.27. The maximum Gasteiger partial charge on any atom is 0.257 e. The summed E-state index contributed by atoms with van der Waals surface area (Å²) < 4.78 is 6.02. The molecule has 0 atom stereocenters. The van der Waals surface area contributed by atoms with Gasteiger partial charge in [-0.25, -0.2) is 4.98 Å². The monoisotopic (exact) mass is 335 g/mol. The summed E-state index contributed by atoms with van der Waals surface area (Å²) in [4.78, 5) is 16.2. The summed E-state index contributed by atoms with van der Waals surface area (Å²) in [6.45, 7) is 0. The lowest BCUT2D eigenvalue weighted by Gasteiger charge is -2.08. The van der Waals surface area contributed by atoms with Crippen LogP contribution in [-0.2, 0) is 0 Å². The highest BCUT2D eigenvalue weighted by atomic mass is 79.9. The van der Waals surface area contributed by atoms with E-state index in [1.807, 2.05) is 6.07 Å². The second-order valence-electron chi connectivity index (χ2n) is 3.99. The predicted octanol–water partition coefficient (Wildman–Crippen LogP) is 3.15. The third-order valence-electron chi connectivity index (χ3n) is 2.69. The Labute approximate surface area is 125 Å². The second kappa shape index (κ2) is 6.38. The largest absolute Gasteiger partial charge is 0.495 e. The van der Waals surface area contributed by atoms with E-state index in [0.717, 1.165) is 4.47 Å². The number of nitrogens with zero attached hydrogens (tertiary/aromatic N) is 1. The van der Waals surface area contributed by atoms with Crippen molar-refractivity contribution in [3.05, 3.63) is 46.6 Å². The first-order valence-corrected chi connectivity index (χ1v) is 6.72. The number of ether oxygens (including phenoxy) is 1. The van der Waals surface area contributed by atoms with Crippen molar-refractivity contribution in [1.29, 1.82) is 0 Å². The molecular formula is C14H14BrN3O2. The van der Waals surface area contributed by atoms with Crippen molar-refractivity contribution < 1.29 is 9.53 Å². The average molecular weight is 336 g/mol. The van der Waals surface area contributed by atoms with Crippen molar-refractivity contribution in [2.45, 2.75) is 0 Å². The van der Waals surface area contributed by atoms with Crippen LogP contribution in [0.1, 0.15) is 10.4 Å². The zero-order chi connectivity index (χ0) is 14.5. The Morgan fingerprint density at radius 2 is 2.10 bits per heavy atom. The smallest absolute Gasteiger partial charge is 0.257 e. The minimum Gasteiger partial charge on any atom is -0.495 e. The maximum absolute atomic E-state index is 12.1. The Morgan fingerprint density at radius 3 is 2.70 bits per heavy atom. The minimum absolute atomic E-state index is 0.218. The van der Waals surface area contributed by atoms with Crippen molar-refractivity contribution in [3.63, 3.8) is 0 Å². The van der Waals surface area contributed by atoms with Crippen molar-refractivity contribution in [3.8, 4) is 5.75 Å². The van der Waals surface area contributed by atoms with Gasteiger partial charge in [0.25, 0.3) is 5.91 Å². The van der Waals surface area contributed by atoms with Gasteiger partial charge in [0.2, 0.25) is 0 Å². The van der Waals surface area contributed by atoms with E-state index in [2.05, 4.69) is 31.5 Å². The van der Waals surface area contributed by atoms with E-state index in [1.165, 1.54) is 6.20 Å². The zero-order valence-electron chi connectivity index (χ0n) is 11.1. The van der Waals surface area contributed by atoms with Crippen LogP contribution in [0.15, 0.2) is 41.0 Å². The molecule has 0 aliphatic carbocycles. The van der Waals surface area contributed by atoms with Gasteiger partial charge < -0.3 is 15.4 Å². The average Bonchev–Trinajstić information content (AvgIpc) is 2.49. The molecule has 1 aromatic carbocycles. The number of amides is 1. The van der Waals surface area contributed by atoms with Crippen LogP contribution in [0.3, 0.4) is 0 Å². The number of hydrogen-bond donors (Lipinski definition) is 2. The molecule has 0 aliphatic rings. The summed E-state index contributed by atoms with van der Waals surface area (Å²) in [5, 5.41) is 5.70. The first-order valence-electron chi connectivity index (χ1n) is 5.92. The van der Waals surface area contributed by atoms with Crippen LogP contribution < -0.4 is 15.4 Å². The molecule has 2 rings (SSSR count). The van der Waals surface area contributed by atoms with Gasteiger partial charge in [-0.3, -0.25) is 4.79 Å². The molecule has 0 spiro atoms. The van der Waals surface area contributed by atoms with Gasteiger partial charge in [0.05, 0.1) is 17.1 Å². The Hall–Kier alpha value is -2.08. The summed E-state index contributed by atoms with van der Waals surface area (Å²) >= 11 is 3.36. The highest BCUT2D eigenvalue weighted by Crippen LogP contribution is 2.28. The number of anilines is 2. The topological polar surface area (TPSA) is 63.2 Å².